The molecule has 0 unspecified atom stereocenters. The number of carbonyl (C=O) groups is 1. The number of aryl methyl sites for hydroxylation is 1. The van der Waals surface area contributed by atoms with E-state index in [4.69, 9.17) is 9.97 Å². The van der Waals surface area contributed by atoms with Gasteiger partial charge in [0.05, 0.1) is 12.2 Å². The van der Waals surface area contributed by atoms with E-state index in [2.05, 4.69) is 10.2 Å². The molecule has 1 aliphatic heterocycles. The van der Waals surface area contributed by atoms with E-state index in [0.717, 1.165) is 36.8 Å². The lowest BCUT2D eigenvalue weighted by atomic mass is 9.96. The van der Waals surface area contributed by atoms with Gasteiger partial charge in [-0.25, -0.2) is 4.98 Å². The smallest absolute Gasteiger partial charge is 0.239 e. The second-order valence-electron chi connectivity index (χ2n) is 6.22. The highest BCUT2D eigenvalue weighted by Gasteiger charge is 2.27. The molecule has 3 rings (SSSR count). The average molecular weight is 289 g/mol. The van der Waals surface area contributed by atoms with Gasteiger partial charge in [-0.15, -0.1) is 0 Å². The van der Waals surface area contributed by atoms with Crippen molar-refractivity contribution in [3.05, 3.63) is 11.3 Å². The van der Waals surface area contributed by atoms with Crippen LogP contribution < -0.4 is 15.1 Å². The van der Waals surface area contributed by atoms with Crippen molar-refractivity contribution in [3.8, 4) is 0 Å². The molecule has 1 N–H and O–H groups in total. The Morgan fingerprint density at radius 2 is 2.00 bits per heavy atom. The zero-order chi connectivity index (χ0) is 15.0. The Balaban J connectivity index is 2.03. The van der Waals surface area contributed by atoms with Crippen LogP contribution in [0.3, 0.4) is 0 Å². The number of piperazine rings is 1. The monoisotopic (exact) mass is 289 g/mol. The van der Waals surface area contributed by atoms with Gasteiger partial charge in [-0.3, -0.25) is 4.79 Å². The molecule has 0 radical (unpaired) electrons. The van der Waals surface area contributed by atoms with Crippen LogP contribution in [0.25, 0.3) is 0 Å². The number of fused-ring (bicyclic) bond motifs is 1. The van der Waals surface area contributed by atoms with Crippen molar-refractivity contribution in [3.63, 3.8) is 0 Å². The molecule has 0 aromatic carbocycles. The molecule has 2 heterocycles. The molecule has 114 valence electrons. The third-order valence-electron chi connectivity index (χ3n) is 4.09. The maximum atomic E-state index is 11.8. The predicted molar refractivity (Wildman–Crippen MR) is 82.8 cm³/mol. The van der Waals surface area contributed by atoms with Gasteiger partial charge in [0.2, 0.25) is 11.9 Å². The summed E-state index contributed by atoms with van der Waals surface area (Å²) in [4.78, 5) is 25.3. The zero-order valence-electron chi connectivity index (χ0n) is 13.0. The molecule has 1 amide bonds. The Hall–Kier alpha value is -1.85. The van der Waals surface area contributed by atoms with Gasteiger partial charge in [0.15, 0.2) is 0 Å². The van der Waals surface area contributed by atoms with Crippen LogP contribution >= 0.6 is 0 Å². The minimum atomic E-state index is 0.0725. The Bertz CT molecular complexity index is 557. The molecule has 1 aromatic heterocycles. The molecule has 0 bridgehead atoms. The van der Waals surface area contributed by atoms with Crippen LogP contribution in [0.15, 0.2) is 0 Å². The molecule has 0 saturated carbocycles. The molecular formula is C15H23N5O. The van der Waals surface area contributed by atoms with Crippen LogP contribution in [0, 0.1) is 0 Å². The van der Waals surface area contributed by atoms with E-state index in [-0.39, 0.29) is 11.9 Å². The van der Waals surface area contributed by atoms with Gasteiger partial charge in [0.25, 0.3) is 0 Å². The first-order valence-electron chi connectivity index (χ1n) is 7.66. The number of nitrogens with zero attached hydrogens (tertiary/aromatic N) is 4. The Kier molecular flexibility index (Phi) is 3.69. The Morgan fingerprint density at radius 1 is 1.24 bits per heavy atom. The summed E-state index contributed by atoms with van der Waals surface area (Å²) in [6, 6.07) is 0.156. The number of anilines is 2. The predicted octanol–water partition coefficient (Wildman–Crippen LogP) is 0.746. The fourth-order valence-corrected chi connectivity index (χ4v) is 3.12. The van der Waals surface area contributed by atoms with Gasteiger partial charge in [-0.05, 0) is 32.6 Å². The second kappa shape index (κ2) is 5.50. The third kappa shape index (κ3) is 2.80. The van der Waals surface area contributed by atoms with Crippen molar-refractivity contribution in [1.82, 2.24) is 15.3 Å². The topological polar surface area (TPSA) is 61.4 Å². The van der Waals surface area contributed by atoms with Crippen LogP contribution in [-0.4, -0.2) is 49.1 Å². The van der Waals surface area contributed by atoms with Crippen LogP contribution in [0.5, 0.6) is 0 Å². The van der Waals surface area contributed by atoms with Crippen molar-refractivity contribution >= 4 is 17.7 Å². The quantitative estimate of drug-likeness (QED) is 0.870. The lowest BCUT2D eigenvalue weighted by Gasteiger charge is -2.34. The van der Waals surface area contributed by atoms with Gasteiger partial charge in [-0.1, -0.05) is 0 Å². The molecule has 6 nitrogen and oxygen atoms in total. The summed E-state index contributed by atoms with van der Waals surface area (Å²) in [5.74, 6) is 1.78. The van der Waals surface area contributed by atoms with Crippen LogP contribution in [0.4, 0.5) is 11.8 Å². The minimum Gasteiger partial charge on any atom is -0.350 e. The number of nitrogens with one attached hydrogen (secondary N) is 1. The van der Waals surface area contributed by atoms with Gasteiger partial charge >= 0.3 is 0 Å². The van der Waals surface area contributed by atoms with Crippen LogP contribution in [-0.2, 0) is 17.6 Å². The Morgan fingerprint density at radius 3 is 2.71 bits per heavy atom. The number of aromatic nitrogens is 2. The Labute approximate surface area is 125 Å². The molecule has 0 spiro atoms. The van der Waals surface area contributed by atoms with Crippen LogP contribution in [0.1, 0.15) is 31.0 Å². The number of hydrogen-bond acceptors (Lipinski definition) is 5. The molecular weight excluding hydrogens is 266 g/mol. The highest BCUT2D eigenvalue weighted by atomic mass is 16.2. The fraction of sp³-hybridized carbons (Fsp3) is 0.667. The number of rotatable bonds is 2. The fourth-order valence-electron chi connectivity index (χ4n) is 3.12. The largest absolute Gasteiger partial charge is 0.350 e. The molecule has 6 heteroatoms. The van der Waals surface area contributed by atoms with E-state index in [1.165, 1.54) is 18.4 Å². The minimum absolute atomic E-state index is 0.0725. The maximum Gasteiger partial charge on any atom is 0.239 e. The highest BCUT2D eigenvalue weighted by Crippen LogP contribution is 2.30. The normalized spacial score (nSPS) is 21.8. The van der Waals surface area contributed by atoms with E-state index < -0.39 is 0 Å². The molecule has 1 fully saturated rings. The lowest BCUT2D eigenvalue weighted by Crippen LogP contribution is -2.53. The molecule has 1 aromatic rings. The summed E-state index contributed by atoms with van der Waals surface area (Å²) in [5, 5.41) is 2.96. The molecule has 21 heavy (non-hydrogen) atoms. The first-order valence-corrected chi connectivity index (χ1v) is 7.66. The van der Waals surface area contributed by atoms with E-state index in [1.54, 1.807) is 0 Å². The SMILES string of the molecule is C[C@H]1CN(c2nc(N(C)C)nc3c2CCCC3)CC(=O)N1. The molecule has 1 aliphatic carbocycles. The summed E-state index contributed by atoms with van der Waals surface area (Å²) in [7, 11) is 3.92. The summed E-state index contributed by atoms with van der Waals surface area (Å²) < 4.78 is 0. The summed E-state index contributed by atoms with van der Waals surface area (Å²) in [5.41, 5.74) is 2.40. The third-order valence-corrected chi connectivity index (χ3v) is 4.09. The summed E-state index contributed by atoms with van der Waals surface area (Å²) in [6.07, 6.45) is 4.40. The van der Waals surface area contributed by atoms with Crippen molar-refractivity contribution in [2.24, 2.45) is 0 Å². The van der Waals surface area contributed by atoms with Crippen LogP contribution in [0.2, 0.25) is 0 Å². The van der Waals surface area contributed by atoms with E-state index in [0.29, 0.717) is 6.54 Å². The van der Waals surface area contributed by atoms with Crippen molar-refractivity contribution in [2.45, 2.75) is 38.6 Å². The van der Waals surface area contributed by atoms with Crippen molar-refractivity contribution in [2.75, 3.05) is 37.0 Å². The van der Waals surface area contributed by atoms with E-state index in [9.17, 15) is 4.79 Å². The molecule has 1 atom stereocenters. The zero-order valence-corrected chi connectivity index (χ0v) is 13.0. The maximum absolute atomic E-state index is 11.8. The number of hydrogen-bond donors (Lipinski definition) is 1. The number of amides is 1. The van der Waals surface area contributed by atoms with E-state index >= 15 is 0 Å². The molecule has 1 saturated heterocycles. The average Bonchev–Trinajstić information content (AvgIpc) is 2.45. The van der Waals surface area contributed by atoms with E-state index in [1.807, 2.05) is 25.9 Å². The van der Waals surface area contributed by atoms with Crippen molar-refractivity contribution in [1.29, 1.82) is 0 Å². The lowest BCUT2D eigenvalue weighted by molar-refractivity contribution is -0.121. The first-order chi connectivity index (χ1) is 10.0. The number of carbonyl (C=O) groups excluding carboxylic acids is 1. The van der Waals surface area contributed by atoms with Crippen molar-refractivity contribution < 1.29 is 4.79 Å². The summed E-state index contributed by atoms with van der Waals surface area (Å²) in [6.45, 7) is 3.23. The van der Waals surface area contributed by atoms with Gasteiger partial charge in [0.1, 0.15) is 5.82 Å². The molecule has 2 aliphatic rings. The van der Waals surface area contributed by atoms with Gasteiger partial charge in [-0.2, -0.15) is 4.98 Å². The second-order valence-corrected chi connectivity index (χ2v) is 6.22. The summed E-state index contributed by atoms with van der Waals surface area (Å²) >= 11 is 0. The first kappa shape index (κ1) is 14.1. The highest BCUT2D eigenvalue weighted by molar-refractivity contribution is 5.83. The standard InChI is InChI=1S/C15H23N5O/c1-10-8-20(9-13(21)16-10)14-11-6-4-5-7-12(11)17-15(18-14)19(2)3/h10H,4-9H2,1-3H3,(H,16,21)/t10-/m0/s1. The van der Waals surface area contributed by atoms with Gasteiger partial charge < -0.3 is 15.1 Å². The van der Waals surface area contributed by atoms with Gasteiger partial charge in [0, 0.05) is 32.2 Å².